The van der Waals surface area contributed by atoms with Gasteiger partial charge in [0.25, 0.3) is 11.5 Å². The Kier molecular flexibility index (Phi) is 6.70. The standard InChI is InChI=1S/C21H20FN3O4/c1-28-12-11-25-20(26)10-9-19(24-25)21(27)23-17-3-2-4-18(13-17)29-14-15-5-7-16(22)8-6-15/h2-10,13H,11-12,14H2,1H3,(H,23,27). The van der Waals surface area contributed by atoms with E-state index in [0.717, 1.165) is 5.56 Å². The molecule has 0 fully saturated rings. The molecule has 0 saturated heterocycles. The fraction of sp³-hybridized carbons (Fsp3) is 0.190. The molecule has 3 rings (SSSR count). The highest BCUT2D eigenvalue weighted by atomic mass is 19.1. The number of nitrogens with one attached hydrogen (secondary N) is 1. The van der Waals surface area contributed by atoms with Gasteiger partial charge < -0.3 is 14.8 Å². The Hall–Kier alpha value is -3.52. The van der Waals surface area contributed by atoms with Gasteiger partial charge in [-0.3, -0.25) is 9.59 Å². The van der Waals surface area contributed by atoms with Crippen molar-refractivity contribution in [2.75, 3.05) is 19.0 Å². The Labute approximate surface area is 166 Å². The number of hydrogen-bond acceptors (Lipinski definition) is 5. The number of aromatic nitrogens is 2. The van der Waals surface area contributed by atoms with Crippen molar-refractivity contribution in [3.63, 3.8) is 0 Å². The van der Waals surface area contributed by atoms with Gasteiger partial charge in [0.2, 0.25) is 0 Å². The van der Waals surface area contributed by atoms with Gasteiger partial charge in [0, 0.05) is 24.9 Å². The van der Waals surface area contributed by atoms with Gasteiger partial charge in [0.05, 0.1) is 13.2 Å². The molecule has 0 aliphatic carbocycles. The minimum absolute atomic E-state index is 0.110. The van der Waals surface area contributed by atoms with Crippen LogP contribution in [-0.4, -0.2) is 29.4 Å². The molecule has 7 nitrogen and oxygen atoms in total. The zero-order valence-corrected chi connectivity index (χ0v) is 15.8. The van der Waals surface area contributed by atoms with Gasteiger partial charge in [-0.25, -0.2) is 9.07 Å². The first kappa shape index (κ1) is 20.2. The van der Waals surface area contributed by atoms with Crippen LogP contribution < -0.4 is 15.6 Å². The molecule has 1 amide bonds. The van der Waals surface area contributed by atoms with Crippen LogP contribution in [0.2, 0.25) is 0 Å². The van der Waals surface area contributed by atoms with Gasteiger partial charge >= 0.3 is 0 Å². The van der Waals surface area contributed by atoms with Crippen LogP contribution in [0.5, 0.6) is 5.75 Å². The van der Waals surface area contributed by atoms with Gasteiger partial charge in [0.1, 0.15) is 23.9 Å². The predicted octanol–water partition coefficient (Wildman–Crippen LogP) is 2.86. The van der Waals surface area contributed by atoms with Crippen LogP contribution in [0.1, 0.15) is 16.1 Å². The molecule has 150 valence electrons. The average Bonchev–Trinajstić information content (AvgIpc) is 2.73. The lowest BCUT2D eigenvalue weighted by Gasteiger charge is -2.10. The predicted molar refractivity (Wildman–Crippen MR) is 106 cm³/mol. The highest BCUT2D eigenvalue weighted by Gasteiger charge is 2.11. The zero-order chi connectivity index (χ0) is 20.6. The summed E-state index contributed by atoms with van der Waals surface area (Å²) in [5.41, 5.74) is 1.14. The Bertz CT molecular complexity index is 1030. The SMILES string of the molecule is COCCn1nc(C(=O)Nc2cccc(OCc3ccc(F)cc3)c2)ccc1=O. The van der Waals surface area contributed by atoms with Crippen LogP contribution in [0.3, 0.4) is 0 Å². The van der Waals surface area contributed by atoms with E-state index in [1.54, 1.807) is 36.4 Å². The van der Waals surface area contributed by atoms with E-state index >= 15 is 0 Å². The first-order valence-corrected chi connectivity index (χ1v) is 8.91. The summed E-state index contributed by atoms with van der Waals surface area (Å²) in [6.45, 7) is 0.832. The van der Waals surface area contributed by atoms with Crippen molar-refractivity contribution in [1.82, 2.24) is 9.78 Å². The van der Waals surface area contributed by atoms with E-state index in [0.29, 0.717) is 18.0 Å². The monoisotopic (exact) mass is 397 g/mol. The van der Waals surface area contributed by atoms with Crippen LogP contribution in [0.15, 0.2) is 65.5 Å². The summed E-state index contributed by atoms with van der Waals surface area (Å²) >= 11 is 0. The minimum atomic E-state index is -0.452. The molecular formula is C21H20FN3O4. The molecule has 0 aliphatic heterocycles. The van der Waals surface area contributed by atoms with Crippen molar-refractivity contribution >= 4 is 11.6 Å². The number of ether oxygens (including phenoxy) is 2. The zero-order valence-electron chi connectivity index (χ0n) is 15.8. The smallest absolute Gasteiger partial charge is 0.276 e. The molecule has 1 heterocycles. The van der Waals surface area contributed by atoms with E-state index in [4.69, 9.17) is 9.47 Å². The number of amides is 1. The first-order valence-electron chi connectivity index (χ1n) is 8.91. The number of hydrogen-bond donors (Lipinski definition) is 1. The van der Waals surface area contributed by atoms with Gasteiger partial charge in [-0.1, -0.05) is 18.2 Å². The number of anilines is 1. The van der Waals surface area contributed by atoms with Crippen molar-refractivity contribution in [2.24, 2.45) is 0 Å². The Morgan fingerprint density at radius 2 is 1.93 bits per heavy atom. The molecule has 0 spiro atoms. The molecule has 0 unspecified atom stereocenters. The second kappa shape index (κ2) is 9.61. The number of rotatable bonds is 8. The summed E-state index contributed by atoms with van der Waals surface area (Å²) in [5.74, 6) is -0.211. The lowest BCUT2D eigenvalue weighted by molar-refractivity contribution is 0.101. The van der Waals surface area contributed by atoms with Crippen LogP contribution in [0.4, 0.5) is 10.1 Å². The van der Waals surface area contributed by atoms with Crippen molar-refractivity contribution in [1.29, 1.82) is 0 Å². The lowest BCUT2D eigenvalue weighted by Crippen LogP contribution is -2.27. The average molecular weight is 397 g/mol. The summed E-state index contributed by atoms with van der Waals surface area (Å²) < 4.78 is 24.8. The second-order valence-electron chi connectivity index (χ2n) is 6.17. The lowest BCUT2D eigenvalue weighted by atomic mass is 10.2. The molecular weight excluding hydrogens is 377 g/mol. The van der Waals surface area contributed by atoms with E-state index in [9.17, 15) is 14.0 Å². The molecule has 1 aromatic heterocycles. The van der Waals surface area contributed by atoms with Crippen LogP contribution in [-0.2, 0) is 17.9 Å². The van der Waals surface area contributed by atoms with E-state index in [2.05, 4.69) is 10.4 Å². The highest BCUT2D eigenvalue weighted by Crippen LogP contribution is 2.19. The summed E-state index contributed by atoms with van der Waals surface area (Å²) in [7, 11) is 1.52. The first-order chi connectivity index (χ1) is 14.0. The number of carbonyl (C=O) groups excluding carboxylic acids is 1. The maximum Gasteiger partial charge on any atom is 0.276 e. The van der Waals surface area contributed by atoms with E-state index in [1.165, 1.54) is 36.1 Å². The van der Waals surface area contributed by atoms with E-state index < -0.39 is 5.91 Å². The summed E-state index contributed by atoms with van der Waals surface area (Å²) in [6, 6.07) is 15.6. The van der Waals surface area contributed by atoms with Crippen molar-refractivity contribution in [3.05, 3.63) is 88.1 Å². The van der Waals surface area contributed by atoms with Gasteiger partial charge in [0.15, 0.2) is 0 Å². The second-order valence-corrected chi connectivity index (χ2v) is 6.17. The fourth-order valence-electron chi connectivity index (χ4n) is 2.51. The fourth-order valence-corrected chi connectivity index (χ4v) is 2.51. The van der Waals surface area contributed by atoms with E-state index in [1.807, 2.05) is 0 Å². The topological polar surface area (TPSA) is 82.5 Å². The van der Waals surface area contributed by atoms with Gasteiger partial charge in [-0.2, -0.15) is 5.10 Å². The highest BCUT2D eigenvalue weighted by molar-refractivity contribution is 6.02. The summed E-state index contributed by atoms with van der Waals surface area (Å²) in [6.07, 6.45) is 0. The maximum atomic E-state index is 13.0. The third-order valence-corrected chi connectivity index (χ3v) is 4.02. The molecule has 29 heavy (non-hydrogen) atoms. The number of benzene rings is 2. The summed E-state index contributed by atoms with van der Waals surface area (Å²) in [5, 5.41) is 6.79. The largest absolute Gasteiger partial charge is 0.489 e. The van der Waals surface area contributed by atoms with Crippen molar-refractivity contribution < 1.29 is 18.7 Å². The Balaban J connectivity index is 1.65. The molecule has 0 aliphatic rings. The number of halogens is 1. The molecule has 0 saturated carbocycles. The molecule has 8 heteroatoms. The van der Waals surface area contributed by atoms with Crippen LogP contribution in [0.25, 0.3) is 0 Å². The van der Waals surface area contributed by atoms with Crippen LogP contribution in [0, 0.1) is 5.82 Å². The number of carbonyl (C=O) groups is 1. The third-order valence-electron chi connectivity index (χ3n) is 4.02. The normalized spacial score (nSPS) is 10.6. The molecule has 3 aromatic rings. The number of methoxy groups -OCH3 is 1. The van der Waals surface area contributed by atoms with Gasteiger partial charge in [-0.05, 0) is 35.9 Å². The van der Waals surface area contributed by atoms with Crippen molar-refractivity contribution in [2.45, 2.75) is 13.2 Å². The Morgan fingerprint density at radius 3 is 2.69 bits per heavy atom. The Morgan fingerprint density at radius 1 is 1.14 bits per heavy atom. The van der Waals surface area contributed by atoms with E-state index in [-0.39, 0.29) is 30.2 Å². The molecule has 0 radical (unpaired) electrons. The van der Waals surface area contributed by atoms with Gasteiger partial charge in [-0.15, -0.1) is 0 Å². The molecule has 1 N–H and O–H groups in total. The molecule has 2 aromatic carbocycles. The quantitative estimate of drug-likeness (QED) is 0.632. The molecule has 0 atom stereocenters. The third kappa shape index (κ3) is 5.73. The molecule has 0 bridgehead atoms. The number of nitrogens with zero attached hydrogens (tertiary/aromatic N) is 2. The van der Waals surface area contributed by atoms with Crippen molar-refractivity contribution in [3.8, 4) is 5.75 Å². The maximum absolute atomic E-state index is 13.0. The van der Waals surface area contributed by atoms with Crippen LogP contribution >= 0.6 is 0 Å². The minimum Gasteiger partial charge on any atom is -0.489 e. The summed E-state index contributed by atoms with van der Waals surface area (Å²) in [4.78, 5) is 24.3.